The minimum atomic E-state index is -0.416. The number of carbonyl (C=O) groups excluding carboxylic acids is 1. The molecule has 2 atom stereocenters. The predicted molar refractivity (Wildman–Crippen MR) is 84.9 cm³/mol. The van der Waals surface area contributed by atoms with E-state index in [-0.39, 0.29) is 5.91 Å². The van der Waals surface area contributed by atoms with E-state index in [9.17, 15) is 4.79 Å². The lowest BCUT2D eigenvalue weighted by atomic mass is 9.86. The molecular weight excluding hydrogens is 262 g/mol. The summed E-state index contributed by atoms with van der Waals surface area (Å²) in [6, 6.07) is 1.10. The Morgan fingerprint density at radius 3 is 2.38 bits per heavy atom. The van der Waals surface area contributed by atoms with Crippen molar-refractivity contribution in [1.82, 2.24) is 10.2 Å². The molecule has 1 aliphatic heterocycles. The molecule has 21 heavy (non-hydrogen) atoms. The summed E-state index contributed by atoms with van der Waals surface area (Å²) in [5, 5.41) is 3.56. The average molecular weight is 293 g/mol. The number of hydrogen-bond donors (Lipinski definition) is 2. The zero-order chi connectivity index (χ0) is 15.0. The standard InChI is InChI=1S/C17H31N3O/c1-12(2)13-6-9-20(10-7-13)15-5-8-17(11-15,16(18)21)19-14-3-4-14/h12-15,19H,3-11H2,1-2H3,(H2,18,21). The van der Waals surface area contributed by atoms with Crippen molar-refractivity contribution < 1.29 is 4.79 Å². The lowest BCUT2D eigenvalue weighted by Gasteiger charge is -2.38. The van der Waals surface area contributed by atoms with Gasteiger partial charge >= 0.3 is 0 Å². The number of nitrogens with zero attached hydrogens (tertiary/aromatic N) is 1. The van der Waals surface area contributed by atoms with Crippen LogP contribution in [0.2, 0.25) is 0 Å². The molecule has 4 heteroatoms. The highest BCUT2D eigenvalue weighted by Crippen LogP contribution is 2.38. The second-order valence-electron chi connectivity index (χ2n) is 7.88. The van der Waals surface area contributed by atoms with Gasteiger partial charge in [-0.3, -0.25) is 4.79 Å². The number of hydrogen-bond acceptors (Lipinski definition) is 3. The molecule has 0 aromatic carbocycles. The highest BCUT2D eigenvalue weighted by Gasteiger charge is 2.48. The minimum absolute atomic E-state index is 0.131. The van der Waals surface area contributed by atoms with Crippen LogP contribution in [0.1, 0.15) is 58.8 Å². The lowest BCUT2D eigenvalue weighted by Crippen LogP contribution is -2.55. The fraction of sp³-hybridized carbons (Fsp3) is 0.941. The number of likely N-dealkylation sites (tertiary alicyclic amines) is 1. The van der Waals surface area contributed by atoms with Gasteiger partial charge < -0.3 is 16.0 Å². The molecule has 120 valence electrons. The number of nitrogens with one attached hydrogen (secondary N) is 1. The van der Waals surface area contributed by atoms with E-state index < -0.39 is 5.54 Å². The van der Waals surface area contributed by atoms with Crippen LogP contribution >= 0.6 is 0 Å². The molecule has 0 spiro atoms. The molecule has 2 unspecified atom stereocenters. The number of amides is 1. The Morgan fingerprint density at radius 2 is 1.86 bits per heavy atom. The van der Waals surface area contributed by atoms with Crippen LogP contribution in [0.4, 0.5) is 0 Å². The minimum Gasteiger partial charge on any atom is -0.368 e. The van der Waals surface area contributed by atoms with E-state index in [4.69, 9.17) is 5.73 Å². The van der Waals surface area contributed by atoms with Crippen LogP contribution < -0.4 is 11.1 Å². The SMILES string of the molecule is CC(C)C1CCN(C2CCC(NC3CC3)(C(N)=O)C2)CC1. The molecule has 2 saturated carbocycles. The van der Waals surface area contributed by atoms with Crippen molar-refractivity contribution in [2.45, 2.75) is 76.4 Å². The van der Waals surface area contributed by atoms with E-state index in [0.29, 0.717) is 12.1 Å². The molecule has 4 nitrogen and oxygen atoms in total. The van der Waals surface area contributed by atoms with Crippen LogP contribution in [-0.2, 0) is 4.79 Å². The molecule has 3 fully saturated rings. The Kier molecular flexibility index (Phi) is 4.28. The van der Waals surface area contributed by atoms with E-state index in [1.807, 2.05) is 0 Å². The van der Waals surface area contributed by atoms with Crippen molar-refractivity contribution in [2.24, 2.45) is 17.6 Å². The zero-order valence-electron chi connectivity index (χ0n) is 13.6. The monoisotopic (exact) mass is 293 g/mol. The molecule has 3 aliphatic rings. The second-order valence-corrected chi connectivity index (χ2v) is 7.88. The Bertz CT molecular complexity index is 385. The molecule has 1 heterocycles. The summed E-state index contributed by atoms with van der Waals surface area (Å²) in [6.07, 6.45) is 8.01. The molecule has 1 amide bonds. The number of rotatable bonds is 5. The van der Waals surface area contributed by atoms with Crippen molar-refractivity contribution >= 4 is 5.91 Å². The second kappa shape index (κ2) is 5.88. The fourth-order valence-electron chi connectivity index (χ4n) is 4.33. The van der Waals surface area contributed by atoms with Gasteiger partial charge in [-0.1, -0.05) is 13.8 Å². The van der Waals surface area contributed by atoms with Crippen molar-refractivity contribution in [3.8, 4) is 0 Å². The predicted octanol–water partition coefficient (Wildman–Crippen LogP) is 1.88. The van der Waals surface area contributed by atoms with Crippen LogP contribution in [0.3, 0.4) is 0 Å². The zero-order valence-corrected chi connectivity index (χ0v) is 13.6. The van der Waals surface area contributed by atoms with Crippen LogP contribution in [0.25, 0.3) is 0 Å². The van der Waals surface area contributed by atoms with Gasteiger partial charge in [0, 0.05) is 12.1 Å². The fourth-order valence-corrected chi connectivity index (χ4v) is 4.33. The third-order valence-electron chi connectivity index (χ3n) is 6.05. The summed E-state index contributed by atoms with van der Waals surface area (Å²) >= 11 is 0. The quantitative estimate of drug-likeness (QED) is 0.814. The summed E-state index contributed by atoms with van der Waals surface area (Å²) in [5.41, 5.74) is 5.33. The van der Waals surface area contributed by atoms with Crippen LogP contribution in [-0.4, -0.2) is 41.5 Å². The first-order valence-electron chi connectivity index (χ1n) is 8.82. The Hall–Kier alpha value is -0.610. The maximum absolute atomic E-state index is 12.0. The molecular formula is C17H31N3O. The molecule has 3 rings (SSSR count). The van der Waals surface area contributed by atoms with E-state index in [1.165, 1.54) is 38.8 Å². The molecule has 0 bridgehead atoms. The maximum Gasteiger partial charge on any atom is 0.237 e. The van der Waals surface area contributed by atoms with Crippen LogP contribution in [0.5, 0.6) is 0 Å². The summed E-state index contributed by atoms with van der Waals surface area (Å²) in [4.78, 5) is 14.6. The first-order valence-corrected chi connectivity index (χ1v) is 8.82. The van der Waals surface area contributed by atoms with Crippen molar-refractivity contribution in [3.63, 3.8) is 0 Å². The van der Waals surface area contributed by atoms with Gasteiger partial charge in [-0.25, -0.2) is 0 Å². The number of carbonyl (C=O) groups is 1. The Labute approximate surface area is 128 Å². The maximum atomic E-state index is 12.0. The van der Waals surface area contributed by atoms with Crippen molar-refractivity contribution in [2.75, 3.05) is 13.1 Å². The largest absolute Gasteiger partial charge is 0.368 e. The van der Waals surface area contributed by atoms with Gasteiger partial charge in [0.1, 0.15) is 0 Å². The van der Waals surface area contributed by atoms with E-state index >= 15 is 0 Å². The summed E-state index contributed by atoms with van der Waals surface area (Å²) < 4.78 is 0. The first-order chi connectivity index (χ1) is 10.00. The molecule has 2 aliphatic carbocycles. The number of nitrogens with two attached hydrogens (primary N) is 1. The normalized spacial score (nSPS) is 35.5. The van der Waals surface area contributed by atoms with Crippen molar-refractivity contribution in [3.05, 3.63) is 0 Å². The van der Waals surface area contributed by atoms with Crippen LogP contribution in [0, 0.1) is 11.8 Å². The van der Waals surface area contributed by atoms with Gasteiger partial charge in [0.05, 0.1) is 5.54 Å². The summed E-state index contributed by atoms with van der Waals surface area (Å²) in [7, 11) is 0. The van der Waals surface area contributed by atoms with Gasteiger partial charge in [-0.05, 0) is 69.9 Å². The molecule has 0 aromatic rings. The van der Waals surface area contributed by atoms with E-state index in [2.05, 4.69) is 24.1 Å². The van der Waals surface area contributed by atoms with Gasteiger partial charge in [0.15, 0.2) is 0 Å². The van der Waals surface area contributed by atoms with E-state index in [1.54, 1.807) is 0 Å². The van der Waals surface area contributed by atoms with Gasteiger partial charge in [-0.2, -0.15) is 0 Å². The smallest absolute Gasteiger partial charge is 0.237 e. The number of piperidine rings is 1. The van der Waals surface area contributed by atoms with Crippen LogP contribution in [0.15, 0.2) is 0 Å². The lowest BCUT2D eigenvalue weighted by molar-refractivity contribution is -0.124. The van der Waals surface area contributed by atoms with Gasteiger partial charge in [0.2, 0.25) is 5.91 Å². The van der Waals surface area contributed by atoms with Gasteiger partial charge in [-0.15, -0.1) is 0 Å². The highest BCUT2D eigenvalue weighted by atomic mass is 16.1. The molecule has 0 radical (unpaired) electrons. The topological polar surface area (TPSA) is 58.4 Å². The number of primary amides is 1. The molecule has 0 aromatic heterocycles. The Morgan fingerprint density at radius 1 is 1.19 bits per heavy atom. The third kappa shape index (κ3) is 3.26. The summed E-state index contributed by atoms with van der Waals surface area (Å²) in [5.74, 6) is 1.55. The molecule has 1 saturated heterocycles. The highest BCUT2D eigenvalue weighted by molar-refractivity contribution is 5.85. The van der Waals surface area contributed by atoms with Crippen molar-refractivity contribution in [1.29, 1.82) is 0 Å². The summed E-state index contributed by atoms with van der Waals surface area (Å²) in [6.45, 7) is 7.08. The first kappa shape index (κ1) is 15.3. The molecule has 3 N–H and O–H groups in total. The van der Waals surface area contributed by atoms with Gasteiger partial charge in [0.25, 0.3) is 0 Å². The average Bonchev–Trinajstić information content (AvgIpc) is 3.15. The van der Waals surface area contributed by atoms with E-state index in [0.717, 1.165) is 31.1 Å². The third-order valence-corrected chi connectivity index (χ3v) is 6.05. The Balaban J connectivity index is 1.57.